The number of likely N-dealkylation sites (N-methyl/N-ethyl adjacent to an activating group) is 1. The van der Waals surface area contributed by atoms with Crippen LogP contribution in [-0.4, -0.2) is 36.3 Å². The molecule has 0 spiro atoms. The van der Waals surface area contributed by atoms with E-state index in [1.807, 2.05) is 26.0 Å². The molecule has 1 aliphatic heterocycles. The van der Waals surface area contributed by atoms with Gasteiger partial charge < -0.3 is 15.1 Å². The predicted octanol–water partition coefficient (Wildman–Crippen LogP) is 4.27. The summed E-state index contributed by atoms with van der Waals surface area (Å²) in [5, 5.41) is 7.15. The second-order valence-corrected chi connectivity index (χ2v) is 6.96. The van der Waals surface area contributed by atoms with E-state index in [1.54, 1.807) is 11.9 Å². The highest BCUT2D eigenvalue weighted by Gasteiger charge is 2.25. The van der Waals surface area contributed by atoms with Gasteiger partial charge in [-0.15, -0.1) is 0 Å². The van der Waals surface area contributed by atoms with Gasteiger partial charge in [0, 0.05) is 19.2 Å². The molecule has 5 nitrogen and oxygen atoms in total. The molecule has 1 heterocycles. The van der Waals surface area contributed by atoms with Gasteiger partial charge in [0.2, 0.25) is 0 Å². The van der Waals surface area contributed by atoms with Crippen molar-refractivity contribution in [3.63, 3.8) is 0 Å². The van der Waals surface area contributed by atoms with E-state index in [4.69, 9.17) is 4.84 Å². The zero-order chi connectivity index (χ0) is 18.7. The van der Waals surface area contributed by atoms with E-state index >= 15 is 0 Å². The van der Waals surface area contributed by atoms with Gasteiger partial charge in [-0.3, -0.25) is 0 Å². The van der Waals surface area contributed by atoms with Gasteiger partial charge in [-0.1, -0.05) is 52.7 Å². The van der Waals surface area contributed by atoms with Crippen molar-refractivity contribution in [2.45, 2.75) is 33.3 Å². The van der Waals surface area contributed by atoms with Gasteiger partial charge in [0.25, 0.3) is 0 Å². The summed E-state index contributed by atoms with van der Waals surface area (Å²) in [7, 11) is 1.77. The van der Waals surface area contributed by atoms with Crippen molar-refractivity contribution in [1.82, 2.24) is 4.90 Å². The van der Waals surface area contributed by atoms with Crippen molar-refractivity contribution in [2.75, 3.05) is 18.9 Å². The van der Waals surface area contributed by atoms with Gasteiger partial charge in [-0.25, -0.2) is 4.79 Å². The van der Waals surface area contributed by atoms with Crippen LogP contribution in [0.4, 0.5) is 10.5 Å². The van der Waals surface area contributed by atoms with E-state index in [-0.39, 0.29) is 12.1 Å². The summed E-state index contributed by atoms with van der Waals surface area (Å²) in [6.07, 6.45) is 0.575. The fourth-order valence-corrected chi connectivity index (χ4v) is 3.00. The van der Waals surface area contributed by atoms with Gasteiger partial charge in [0.15, 0.2) is 6.10 Å². The Labute approximate surface area is 154 Å². The van der Waals surface area contributed by atoms with Gasteiger partial charge in [0.05, 0.1) is 12.3 Å². The maximum atomic E-state index is 12.4. The molecule has 2 aromatic rings. The standard InChI is InChI=1S/C21H25N3O2/c1-14-5-8-17(9-6-14)20-12-18(26-23-20)13-24(4)21(25)22-19-10-7-15(2)11-16(19)3/h5-11,18H,12-13H2,1-4H3,(H,22,25). The lowest BCUT2D eigenvalue weighted by molar-refractivity contribution is 0.0672. The normalized spacial score (nSPS) is 16.0. The summed E-state index contributed by atoms with van der Waals surface area (Å²) in [4.78, 5) is 19.6. The molecule has 0 aromatic heterocycles. The molecule has 5 heteroatoms. The number of urea groups is 1. The average molecular weight is 351 g/mol. The number of nitrogens with zero attached hydrogens (tertiary/aromatic N) is 2. The predicted molar refractivity (Wildman–Crippen MR) is 105 cm³/mol. The van der Waals surface area contributed by atoms with Gasteiger partial charge in [-0.2, -0.15) is 0 Å². The third-order valence-electron chi connectivity index (χ3n) is 4.57. The van der Waals surface area contributed by atoms with Crippen molar-refractivity contribution in [2.24, 2.45) is 5.16 Å². The van der Waals surface area contributed by atoms with Crippen LogP contribution in [0.25, 0.3) is 0 Å². The van der Waals surface area contributed by atoms with Crippen molar-refractivity contribution in [1.29, 1.82) is 0 Å². The molecule has 0 saturated heterocycles. The minimum absolute atomic E-state index is 0.124. The third kappa shape index (κ3) is 4.23. The first-order chi connectivity index (χ1) is 12.4. The second-order valence-electron chi connectivity index (χ2n) is 6.96. The Morgan fingerprint density at radius 2 is 1.85 bits per heavy atom. The number of aryl methyl sites for hydroxylation is 3. The van der Waals surface area contributed by atoms with E-state index in [9.17, 15) is 4.79 Å². The first kappa shape index (κ1) is 18.0. The largest absolute Gasteiger partial charge is 0.390 e. The molecular weight excluding hydrogens is 326 g/mol. The molecule has 1 N–H and O–H groups in total. The third-order valence-corrected chi connectivity index (χ3v) is 4.57. The molecule has 2 aromatic carbocycles. The lowest BCUT2D eigenvalue weighted by atomic mass is 10.0. The summed E-state index contributed by atoms with van der Waals surface area (Å²) < 4.78 is 0. The number of carbonyl (C=O) groups is 1. The number of hydrogen-bond donors (Lipinski definition) is 1. The monoisotopic (exact) mass is 351 g/mol. The maximum absolute atomic E-state index is 12.4. The van der Waals surface area contributed by atoms with Crippen molar-refractivity contribution < 1.29 is 9.63 Å². The molecule has 0 fully saturated rings. The SMILES string of the molecule is Cc1ccc(C2=NOC(CN(C)C(=O)Nc3ccc(C)cc3C)C2)cc1. The Bertz CT molecular complexity index is 828. The number of hydrogen-bond acceptors (Lipinski definition) is 3. The van der Waals surface area contributed by atoms with Crippen LogP contribution < -0.4 is 5.32 Å². The molecule has 1 unspecified atom stereocenters. The molecule has 0 radical (unpaired) electrons. The Hall–Kier alpha value is -2.82. The number of amides is 2. The first-order valence-electron chi connectivity index (χ1n) is 8.81. The highest BCUT2D eigenvalue weighted by molar-refractivity contribution is 6.01. The fourth-order valence-electron chi connectivity index (χ4n) is 3.00. The molecule has 3 rings (SSSR count). The van der Waals surface area contributed by atoms with E-state index < -0.39 is 0 Å². The van der Waals surface area contributed by atoms with Gasteiger partial charge >= 0.3 is 6.03 Å². The molecule has 1 aliphatic rings. The Morgan fingerprint density at radius 3 is 2.54 bits per heavy atom. The summed E-state index contributed by atoms with van der Waals surface area (Å²) >= 11 is 0. The zero-order valence-corrected chi connectivity index (χ0v) is 15.7. The van der Waals surface area contributed by atoms with Crippen molar-refractivity contribution >= 4 is 17.4 Å². The van der Waals surface area contributed by atoms with Crippen LogP contribution in [0.3, 0.4) is 0 Å². The van der Waals surface area contributed by atoms with Crippen LogP contribution in [0.1, 0.15) is 28.7 Å². The molecule has 0 saturated carbocycles. The van der Waals surface area contributed by atoms with Crippen LogP contribution in [0.15, 0.2) is 47.6 Å². The van der Waals surface area contributed by atoms with Gasteiger partial charge in [-0.05, 0) is 38.0 Å². The van der Waals surface area contributed by atoms with Crippen molar-refractivity contribution in [3.8, 4) is 0 Å². The topological polar surface area (TPSA) is 53.9 Å². The van der Waals surface area contributed by atoms with E-state index in [0.29, 0.717) is 13.0 Å². The maximum Gasteiger partial charge on any atom is 0.321 e. The molecule has 2 amide bonds. The highest BCUT2D eigenvalue weighted by Crippen LogP contribution is 2.19. The second kappa shape index (κ2) is 7.60. The Balaban J connectivity index is 1.54. The average Bonchev–Trinajstić information content (AvgIpc) is 3.06. The molecule has 0 bridgehead atoms. The van der Waals surface area contributed by atoms with Gasteiger partial charge in [0.1, 0.15) is 0 Å². The Kier molecular flexibility index (Phi) is 5.26. The van der Waals surface area contributed by atoms with Crippen LogP contribution >= 0.6 is 0 Å². The zero-order valence-electron chi connectivity index (χ0n) is 15.7. The van der Waals surface area contributed by atoms with Crippen LogP contribution in [-0.2, 0) is 4.84 Å². The highest BCUT2D eigenvalue weighted by atomic mass is 16.6. The lowest BCUT2D eigenvalue weighted by Crippen LogP contribution is -2.37. The first-order valence-corrected chi connectivity index (χ1v) is 8.81. The summed E-state index contributed by atoms with van der Waals surface area (Å²) in [5.74, 6) is 0. The van der Waals surface area contributed by atoms with Crippen LogP contribution in [0, 0.1) is 20.8 Å². The number of oxime groups is 1. The van der Waals surface area contributed by atoms with E-state index in [0.717, 1.165) is 22.5 Å². The van der Waals surface area contributed by atoms with E-state index in [1.165, 1.54) is 11.1 Å². The number of anilines is 1. The number of carbonyl (C=O) groups excluding carboxylic acids is 1. The van der Waals surface area contributed by atoms with Crippen LogP contribution in [0.2, 0.25) is 0 Å². The number of nitrogens with one attached hydrogen (secondary N) is 1. The fraction of sp³-hybridized carbons (Fsp3) is 0.333. The Morgan fingerprint density at radius 1 is 1.15 bits per heavy atom. The quantitative estimate of drug-likeness (QED) is 0.894. The summed E-state index contributed by atoms with van der Waals surface area (Å²) in [6.45, 7) is 6.57. The molecule has 0 aliphatic carbocycles. The lowest BCUT2D eigenvalue weighted by Gasteiger charge is -2.21. The molecule has 1 atom stereocenters. The van der Waals surface area contributed by atoms with Crippen molar-refractivity contribution in [3.05, 3.63) is 64.7 Å². The minimum atomic E-state index is -0.149. The molecular formula is C21H25N3O2. The molecule has 136 valence electrons. The van der Waals surface area contributed by atoms with E-state index in [2.05, 4.69) is 47.7 Å². The molecule has 26 heavy (non-hydrogen) atoms. The minimum Gasteiger partial charge on any atom is -0.390 e. The smallest absolute Gasteiger partial charge is 0.321 e. The van der Waals surface area contributed by atoms with Crippen LogP contribution in [0.5, 0.6) is 0 Å². The number of benzene rings is 2. The summed E-state index contributed by atoms with van der Waals surface area (Å²) in [6, 6.07) is 14.1. The number of rotatable bonds is 4. The summed E-state index contributed by atoms with van der Waals surface area (Å²) in [5.41, 5.74) is 6.27.